The summed E-state index contributed by atoms with van der Waals surface area (Å²) in [5.74, 6) is -1.49. The Hall–Kier alpha value is -2.30. The number of hydrogen-bond donors (Lipinski definition) is 1. The Balaban J connectivity index is 2.25. The van der Waals surface area contributed by atoms with Crippen molar-refractivity contribution in [1.82, 2.24) is 4.90 Å². The lowest BCUT2D eigenvalue weighted by atomic mass is 9.94. The summed E-state index contributed by atoms with van der Waals surface area (Å²) in [6.45, 7) is 3.99. The Morgan fingerprint density at radius 1 is 1.40 bits per heavy atom. The first-order valence-corrected chi connectivity index (χ1v) is 6.47. The first-order valence-electron chi connectivity index (χ1n) is 6.47. The van der Waals surface area contributed by atoms with Gasteiger partial charge in [0, 0.05) is 6.54 Å². The molecule has 1 aromatic carbocycles. The molecule has 106 valence electrons. The van der Waals surface area contributed by atoms with Crippen molar-refractivity contribution in [2.45, 2.75) is 12.5 Å². The van der Waals surface area contributed by atoms with Crippen LogP contribution in [-0.4, -0.2) is 35.2 Å². The van der Waals surface area contributed by atoms with E-state index in [1.807, 2.05) is 30.3 Å². The highest BCUT2D eigenvalue weighted by molar-refractivity contribution is 5.75. The van der Waals surface area contributed by atoms with Gasteiger partial charge in [-0.2, -0.15) is 0 Å². The minimum atomic E-state index is -0.891. The maximum Gasteiger partial charge on any atom is 0.410 e. The number of benzene rings is 1. The number of aliphatic carboxylic acids is 1. The van der Waals surface area contributed by atoms with Gasteiger partial charge >= 0.3 is 12.1 Å². The zero-order valence-corrected chi connectivity index (χ0v) is 11.1. The molecular formula is C15H17NO4. The number of carboxylic acids is 1. The lowest BCUT2D eigenvalue weighted by molar-refractivity contribution is -0.142. The number of carbonyl (C=O) groups excluding carboxylic acids is 1. The smallest absolute Gasteiger partial charge is 0.410 e. The molecule has 0 spiro atoms. The maximum absolute atomic E-state index is 12.0. The van der Waals surface area contributed by atoms with Crippen LogP contribution in [0.5, 0.6) is 0 Å². The van der Waals surface area contributed by atoms with Gasteiger partial charge in [-0.05, 0) is 12.0 Å². The van der Waals surface area contributed by atoms with E-state index >= 15 is 0 Å². The van der Waals surface area contributed by atoms with E-state index < -0.39 is 24.0 Å². The van der Waals surface area contributed by atoms with Crippen molar-refractivity contribution in [3.63, 3.8) is 0 Å². The summed E-state index contributed by atoms with van der Waals surface area (Å²) < 4.78 is 5.03. The molecular weight excluding hydrogens is 258 g/mol. The molecule has 1 saturated heterocycles. The molecule has 0 radical (unpaired) electrons. The fourth-order valence-electron chi connectivity index (χ4n) is 2.53. The summed E-state index contributed by atoms with van der Waals surface area (Å²) in [6, 6.07) is 8.71. The number of carbonyl (C=O) groups is 2. The fraction of sp³-hybridized carbons (Fsp3) is 0.333. The molecule has 1 fully saturated rings. The minimum Gasteiger partial charge on any atom is -0.481 e. The molecule has 1 N–H and O–H groups in total. The molecule has 1 aliphatic rings. The minimum absolute atomic E-state index is 0.120. The Morgan fingerprint density at radius 2 is 2.10 bits per heavy atom. The molecule has 2 rings (SSSR count). The first kappa shape index (κ1) is 14.1. The highest BCUT2D eigenvalue weighted by Crippen LogP contribution is 2.37. The lowest BCUT2D eigenvalue weighted by Crippen LogP contribution is -2.34. The zero-order chi connectivity index (χ0) is 14.5. The van der Waals surface area contributed by atoms with Crippen LogP contribution in [-0.2, 0) is 9.53 Å². The first-order chi connectivity index (χ1) is 9.65. The van der Waals surface area contributed by atoms with Gasteiger partial charge in [0.25, 0.3) is 0 Å². The summed E-state index contributed by atoms with van der Waals surface area (Å²) in [5, 5.41) is 9.33. The van der Waals surface area contributed by atoms with Crippen molar-refractivity contribution >= 4 is 12.1 Å². The number of carboxylic acid groups (broad SMARTS) is 1. The van der Waals surface area contributed by atoms with E-state index in [0.29, 0.717) is 13.0 Å². The van der Waals surface area contributed by atoms with Gasteiger partial charge in [-0.25, -0.2) is 4.79 Å². The van der Waals surface area contributed by atoms with E-state index in [1.165, 1.54) is 11.0 Å². The third kappa shape index (κ3) is 2.82. The van der Waals surface area contributed by atoms with Gasteiger partial charge in [-0.1, -0.05) is 43.0 Å². The number of amides is 1. The normalized spacial score (nSPS) is 21.5. The Kier molecular flexibility index (Phi) is 4.40. The van der Waals surface area contributed by atoms with Crippen LogP contribution in [0.2, 0.25) is 0 Å². The SMILES string of the molecule is C=CCOC(=O)N1CCC(C(=O)O)C1c1ccccc1. The van der Waals surface area contributed by atoms with E-state index in [0.717, 1.165) is 5.56 Å². The zero-order valence-electron chi connectivity index (χ0n) is 11.1. The van der Waals surface area contributed by atoms with Gasteiger partial charge in [-0.15, -0.1) is 0 Å². The third-order valence-electron chi connectivity index (χ3n) is 3.42. The van der Waals surface area contributed by atoms with E-state index in [2.05, 4.69) is 6.58 Å². The number of nitrogens with zero attached hydrogens (tertiary/aromatic N) is 1. The summed E-state index contributed by atoms with van der Waals surface area (Å²) >= 11 is 0. The molecule has 2 atom stereocenters. The van der Waals surface area contributed by atoms with Gasteiger partial charge in [0.2, 0.25) is 0 Å². The van der Waals surface area contributed by atoms with Crippen LogP contribution in [0.1, 0.15) is 18.0 Å². The van der Waals surface area contributed by atoms with Gasteiger partial charge in [0.15, 0.2) is 0 Å². The maximum atomic E-state index is 12.0. The van der Waals surface area contributed by atoms with Gasteiger partial charge in [0.1, 0.15) is 6.61 Å². The van der Waals surface area contributed by atoms with Gasteiger partial charge in [0.05, 0.1) is 12.0 Å². The van der Waals surface area contributed by atoms with Crippen LogP contribution in [0, 0.1) is 5.92 Å². The van der Waals surface area contributed by atoms with Crippen molar-refractivity contribution < 1.29 is 19.4 Å². The van der Waals surface area contributed by atoms with Crippen LogP contribution in [0.15, 0.2) is 43.0 Å². The van der Waals surface area contributed by atoms with Gasteiger partial charge < -0.3 is 14.7 Å². The molecule has 1 aliphatic heterocycles. The molecule has 0 bridgehead atoms. The molecule has 2 unspecified atom stereocenters. The topological polar surface area (TPSA) is 66.8 Å². The summed E-state index contributed by atoms with van der Waals surface area (Å²) in [4.78, 5) is 24.9. The molecule has 5 heteroatoms. The van der Waals surface area contributed by atoms with Crippen LogP contribution in [0.4, 0.5) is 4.79 Å². The monoisotopic (exact) mass is 275 g/mol. The van der Waals surface area contributed by atoms with Crippen molar-refractivity contribution in [1.29, 1.82) is 0 Å². The predicted octanol–water partition coefficient (Wildman–Crippen LogP) is 2.46. The van der Waals surface area contributed by atoms with Crippen LogP contribution in [0.25, 0.3) is 0 Å². The molecule has 0 aliphatic carbocycles. The van der Waals surface area contributed by atoms with E-state index in [-0.39, 0.29) is 6.61 Å². The second-order valence-corrected chi connectivity index (χ2v) is 4.65. The van der Waals surface area contributed by atoms with Crippen LogP contribution >= 0.6 is 0 Å². The van der Waals surface area contributed by atoms with Crippen molar-refractivity contribution in [2.75, 3.05) is 13.2 Å². The molecule has 20 heavy (non-hydrogen) atoms. The van der Waals surface area contributed by atoms with E-state index in [1.54, 1.807) is 0 Å². The Bertz CT molecular complexity index is 500. The third-order valence-corrected chi connectivity index (χ3v) is 3.42. The van der Waals surface area contributed by atoms with Crippen molar-refractivity contribution in [2.24, 2.45) is 5.92 Å². The molecule has 1 amide bonds. The van der Waals surface area contributed by atoms with Crippen molar-refractivity contribution in [3.8, 4) is 0 Å². The predicted molar refractivity (Wildman–Crippen MR) is 73.2 cm³/mol. The van der Waals surface area contributed by atoms with E-state index in [4.69, 9.17) is 4.74 Å². The van der Waals surface area contributed by atoms with Crippen LogP contribution < -0.4 is 0 Å². The van der Waals surface area contributed by atoms with Crippen molar-refractivity contribution in [3.05, 3.63) is 48.6 Å². The average Bonchev–Trinajstić information content (AvgIpc) is 2.90. The fourth-order valence-corrected chi connectivity index (χ4v) is 2.53. The Morgan fingerprint density at radius 3 is 2.70 bits per heavy atom. The molecule has 1 aromatic rings. The highest BCUT2D eigenvalue weighted by atomic mass is 16.6. The quantitative estimate of drug-likeness (QED) is 0.857. The molecule has 0 saturated carbocycles. The standard InChI is InChI=1S/C15H17NO4/c1-2-10-20-15(19)16-9-8-12(14(17)18)13(16)11-6-4-3-5-7-11/h2-7,12-13H,1,8-10H2,(H,17,18). The van der Waals surface area contributed by atoms with Crippen LogP contribution in [0.3, 0.4) is 0 Å². The second-order valence-electron chi connectivity index (χ2n) is 4.65. The Labute approximate surface area is 117 Å². The molecule has 5 nitrogen and oxygen atoms in total. The van der Waals surface area contributed by atoms with Gasteiger partial charge in [-0.3, -0.25) is 4.79 Å². The van der Waals surface area contributed by atoms with E-state index in [9.17, 15) is 14.7 Å². The largest absolute Gasteiger partial charge is 0.481 e. The summed E-state index contributed by atoms with van der Waals surface area (Å²) in [6.07, 6.45) is 1.42. The average molecular weight is 275 g/mol. The lowest BCUT2D eigenvalue weighted by Gasteiger charge is -2.26. The number of ether oxygens (including phenoxy) is 1. The second kappa shape index (κ2) is 6.23. The number of hydrogen-bond acceptors (Lipinski definition) is 3. The molecule has 0 aromatic heterocycles. The summed E-state index contributed by atoms with van der Waals surface area (Å²) in [5.41, 5.74) is 0.813. The highest BCUT2D eigenvalue weighted by Gasteiger charge is 2.42. The molecule has 1 heterocycles. The summed E-state index contributed by atoms with van der Waals surface area (Å²) in [7, 11) is 0. The number of rotatable bonds is 4. The number of likely N-dealkylation sites (tertiary alicyclic amines) is 1.